The van der Waals surface area contributed by atoms with E-state index < -0.39 is 11.7 Å². The summed E-state index contributed by atoms with van der Waals surface area (Å²) in [5.41, 5.74) is -0.251. The van der Waals surface area contributed by atoms with Gasteiger partial charge in [0.2, 0.25) is 5.91 Å². The Balaban J connectivity index is 1.62. The van der Waals surface area contributed by atoms with Crippen molar-refractivity contribution in [3.05, 3.63) is 35.4 Å². The highest BCUT2D eigenvalue weighted by atomic mass is 19.4. The Morgan fingerprint density at radius 2 is 1.76 bits per heavy atom. The maximum Gasteiger partial charge on any atom is 0.416 e. The fourth-order valence-electron chi connectivity index (χ4n) is 4.63. The van der Waals surface area contributed by atoms with Crippen LogP contribution in [0.5, 0.6) is 0 Å². The Labute approximate surface area is 171 Å². The molecule has 0 aliphatic carbocycles. The van der Waals surface area contributed by atoms with Crippen molar-refractivity contribution in [1.29, 1.82) is 0 Å². The molecular formula is C22H32F3N3O. The molecule has 1 aromatic carbocycles. The molecule has 2 saturated heterocycles. The highest BCUT2D eigenvalue weighted by molar-refractivity contribution is 5.73. The van der Waals surface area contributed by atoms with Crippen LogP contribution in [0.1, 0.15) is 50.2 Å². The molecule has 162 valence electrons. The number of halogens is 3. The lowest BCUT2D eigenvalue weighted by molar-refractivity contribution is -0.138. The Kier molecular flexibility index (Phi) is 7.57. The molecule has 0 radical (unpaired) electrons. The average molecular weight is 412 g/mol. The lowest BCUT2D eigenvalue weighted by Gasteiger charge is -2.40. The summed E-state index contributed by atoms with van der Waals surface area (Å²) in [6.45, 7) is 7.04. The highest BCUT2D eigenvalue weighted by Gasteiger charge is 2.34. The SMILES string of the molecule is CC(=O)N(CCN1CCCCC1)[C@H]1CCCN(Cc2ccccc2C(F)(F)F)C1. The van der Waals surface area contributed by atoms with Gasteiger partial charge >= 0.3 is 6.18 Å². The molecule has 3 rings (SSSR count). The number of piperidine rings is 2. The van der Waals surface area contributed by atoms with E-state index in [1.54, 1.807) is 19.1 Å². The monoisotopic (exact) mass is 411 g/mol. The van der Waals surface area contributed by atoms with E-state index >= 15 is 0 Å². The van der Waals surface area contributed by atoms with Gasteiger partial charge < -0.3 is 9.80 Å². The number of rotatable bonds is 6. The van der Waals surface area contributed by atoms with Gasteiger partial charge in [-0.05, 0) is 56.9 Å². The molecule has 1 aromatic rings. The van der Waals surface area contributed by atoms with E-state index in [0.717, 1.165) is 45.1 Å². The normalized spacial score (nSPS) is 21.9. The summed E-state index contributed by atoms with van der Waals surface area (Å²) in [6, 6.07) is 5.88. The summed E-state index contributed by atoms with van der Waals surface area (Å²) in [5, 5.41) is 0. The van der Waals surface area contributed by atoms with Crippen molar-refractivity contribution in [2.24, 2.45) is 0 Å². The largest absolute Gasteiger partial charge is 0.416 e. The van der Waals surface area contributed by atoms with Gasteiger partial charge in [-0.3, -0.25) is 9.69 Å². The molecule has 2 fully saturated rings. The van der Waals surface area contributed by atoms with Gasteiger partial charge in [-0.15, -0.1) is 0 Å². The first-order valence-electron chi connectivity index (χ1n) is 10.7. The van der Waals surface area contributed by atoms with Crippen molar-refractivity contribution in [2.75, 3.05) is 39.3 Å². The number of amides is 1. The molecule has 1 amide bonds. The minimum Gasteiger partial charge on any atom is -0.337 e. The third-order valence-corrected chi connectivity index (χ3v) is 6.15. The van der Waals surface area contributed by atoms with Crippen molar-refractivity contribution >= 4 is 5.91 Å². The number of likely N-dealkylation sites (tertiary alicyclic amines) is 2. The first kappa shape index (κ1) is 22.1. The van der Waals surface area contributed by atoms with Crippen molar-refractivity contribution in [2.45, 2.75) is 57.8 Å². The Morgan fingerprint density at radius 1 is 1.07 bits per heavy atom. The molecular weight excluding hydrogens is 379 g/mol. The lowest BCUT2D eigenvalue weighted by Crippen LogP contribution is -2.51. The number of nitrogens with zero attached hydrogens (tertiary/aromatic N) is 3. The molecule has 0 bridgehead atoms. The molecule has 4 nitrogen and oxygen atoms in total. The van der Waals surface area contributed by atoms with Crippen LogP contribution in [0.15, 0.2) is 24.3 Å². The smallest absolute Gasteiger partial charge is 0.337 e. The van der Waals surface area contributed by atoms with Crippen molar-refractivity contribution < 1.29 is 18.0 Å². The average Bonchev–Trinajstić information content (AvgIpc) is 2.69. The quantitative estimate of drug-likeness (QED) is 0.708. The molecule has 2 aliphatic rings. The van der Waals surface area contributed by atoms with E-state index in [9.17, 15) is 18.0 Å². The fourth-order valence-corrected chi connectivity index (χ4v) is 4.63. The van der Waals surface area contributed by atoms with Crippen LogP contribution in [0.3, 0.4) is 0 Å². The topological polar surface area (TPSA) is 26.8 Å². The summed E-state index contributed by atoms with van der Waals surface area (Å²) < 4.78 is 39.9. The molecule has 2 heterocycles. The van der Waals surface area contributed by atoms with Gasteiger partial charge in [-0.2, -0.15) is 13.2 Å². The van der Waals surface area contributed by atoms with E-state index in [2.05, 4.69) is 9.80 Å². The first-order valence-corrected chi connectivity index (χ1v) is 10.7. The zero-order chi connectivity index (χ0) is 20.9. The van der Waals surface area contributed by atoms with Crippen LogP contribution in [-0.2, 0) is 17.5 Å². The summed E-state index contributed by atoms with van der Waals surface area (Å²) in [4.78, 5) is 18.7. The summed E-state index contributed by atoms with van der Waals surface area (Å²) in [5.74, 6) is 0.0598. The van der Waals surface area contributed by atoms with Gasteiger partial charge in [0.15, 0.2) is 0 Å². The standard InChI is InChI=1S/C22H32F3N3O/c1-18(29)28(15-14-26-11-5-2-6-12-26)20-9-7-13-27(17-20)16-19-8-3-4-10-21(19)22(23,24)25/h3-4,8,10,20H,2,5-7,9,11-17H2,1H3/t20-/m0/s1. The second-order valence-corrected chi connectivity index (χ2v) is 8.30. The predicted octanol–water partition coefficient (Wildman–Crippen LogP) is 4.00. The number of carbonyl (C=O) groups excluding carboxylic acids is 1. The summed E-state index contributed by atoms with van der Waals surface area (Å²) in [6.07, 6.45) is 1.19. The third kappa shape index (κ3) is 6.19. The van der Waals surface area contributed by atoms with Crippen LogP contribution in [0.2, 0.25) is 0 Å². The van der Waals surface area contributed by atoms with E-state index in [-0.39, 0.29) is 18.5 Å². The van der Waals surface area contributed by atoms with Crippen LogP contribution < -0.4 is 0 Å². The molecule has 29 heavy (non-hydrogen) atoms. The molecule has 0 N–H and O–H groups in total. The highest BCUT2D eigenvalue weighted by Crippen LogP contribution is 2.33. The first-order chi connectivity index (χ1) is 13.8. The predicted molar refractivity (Wildman–Crippen MR) is 107 cm³/mol. The van der Waals surface area contributed by atoms with Gasteiger partial charge in [0.05, 0.1) is 5.56 Å². The number of hydrogen-bond donors (Lipinski definition) is 0. The maximum absolute atomic E-state index is 13.3. The molecule has 0 aromatic heterocycles. The van der Waals surface area contributed by atoms with E-state index in [4.69, 9.17) is 0 Å². The number of benzene rings is 1. The van der Waals surface area contributed by atoms with E-state index in [1.165, 1.54) is 25.3 Å². The zero-order valence-corrected chi connectivity index (χ0v) is 17.3. The van der Waals surface area contributed by atoms with E-state index in [1.807, 2.05) is 4.90 Å². The van der Waals surface area contributed by atoms with Crippen LogP contribution in [-0.4, -0.2) is 65.9 Å². The van der Waals surface area contributed by atoms with Gasteiger partial charge in [0, 0.05) is 39.1 Å². The van der Waals surface area contributed by atoms with E-state index in [0.29, 0.717) is 18.7 Å². The second kappa shape index (κ2) is 9.94. The maximum atomic E-state index is 13.3. The van der Waals surface area contributed by atoms with Crippen LogP contribution in [0.4, 0.5) is 13.2 Å². The Hall–Kier alpha value is -1.60. The molecule has 1 atom stereocenters. The van der Waals surface area contributed by atoms with Gasteiger partial charge in [0.1, 0.15) is 0 Å². The molecule has 2 aliphatic heterocycles. The molecule has 7 heteroatoms. The molecule has 0 saturated carbocycles. The molecule has 0 unspecified atom stereocenters. The lowest BCUT2D eigenvalue weighted by atomic mass is 10.0. The Bertz CT molecular complexity index is 674. The minimum absolute atomic E-state index is 0.0598. The van der Waals surface area contributed by atoms with Gasteiger partial charge in [-0.25, -0.2) is 0 Å². The molecule has 0 spiro atoms. The fraction of sp³-hybridized carbons (Fsp3) is 0.682. The van der Waals surface area contributed by atoms with Crippen LogP contribution in [0.25, 0.3) is 0 Å². The Morgan fingerprint density at radius 3 is 2.45 bits per heavy atom. The number of hydrogen-bond acceptors (Lipinski definition) is 3. The number of alkyl halides is 3. The minimum atomic E-state index is -4.34. The second-order valence-electron chi connectivity index (χ2n) is 8.30. The van der Waals surface area contributed by atoms with Crippen LogP contribution >= 0.6 is 0 Å². The van der Waals surface area contributed by atoms with Gasteiger partial charge in [0.25, 0.3) is 0 Å². The van der Waals surface area contributed by atoms with Crippen molar-refractivity contribution in [1.82, 2.24) is 14.7 Å². The zero-order valence-electron chi connectivity index (χ0n) is 17.3. The van der Waals surface area contributed by atoms with Gasteiger partial charge in [-0.1, -0.05) is 24.6 Å². The van der Waals surface area contributed by atoms with Crippen LogP contribution in [0, 0.1) is 0 Å². The summed E-state index contributed by atoms with van der Waals surface area (Å²) in [7, 11) is 0. The van der Waals surface area contributed by atoms with Crippen molar-refractivity contribution in [3.63, 3.8) is 0 Å². The number of carbonyl (C=O) groups is 1. The third-order valence-electron chi connectivity index (χ3n) is 6.15. The summed E-state index contributed by atoms with van der Waals surface area (Å²) >= 11 is 0. The van der Waals surface area contributed by atoms with Crippen molar-refractivity contribution in [3.8, 4) is 0 Å².